The lowest BCUT2D eigenvalue weighted by atomic mass is 10.1. The van der Waals surface area contributed by atoms with Crippen LogP contribution in [0.25, 0.3) is 0 Å². The molecular weight excluding hydrogens is 334 g/mol. The molecule has 2 aromatic heterocycles. The topological polar surface area (TPSA) is 46.2 Å². The minimum atomic E-state index is -3.42. The van der Waals surface area contributed by atoms with E-state index in [-0.39, 0.29) is 11.8 Å². The molecule has 1 unspecified atom stereocenters. The van der Waals surface area contributed by atoms with Crippen LogP contribution >= 0.6 is 22.7 Å². The Hall–Kier alpha value is -1.47. The van der Waals surface area contributed by atoms with Crippen molar-refractivity contribution in [1.82, 2.24) is 4.72 Å². The highest BCUT2D eigenvalue weighted by molar-refractivity contribution is 7.88. The summed E-state index contributed by atoms with van der Waals surface area (Å²) in [5, 5.41) is 5.90. The fourth-order valence-electron chi connectivity index (χ4n) is 2.20. The molecular formula is C16H15NO2S3. The highest BCUT2D eigenvalue weighted by atomic mass is 32.2. The molecule has 1 N–H and O–H groups in total. The Morgan fingerprint density at radius 1 is 1.00 bits per heavy atom. The number of sulfonamides is 1. The summed E-state index contributed by atoms with van der Waals surface area (Å²) in [5.74, 6) is -0.0140. The van der Waals surface area contributed by atoms with Crippen molar-refractivity contribution in [2.24, 2.45) is 0 Å². The van der Waals surface area contributed by atoms with Gasteiger partial charge in [-0.25, -0.2) is 13.1 Å². The maximum absolute atomic E-state index is 12.5. The van der Waals surface area contributed by atoms with Crippen LogP contribution in [0.3, 0.4) is 0 Å². The Balaban J connectivity index is 1.84. The van der Waals surface area contributed by atoms with E-state index in [4.69, 9.17) is 0 Å². The van der Waals surface area contributed by atoms with E-state index in [2.05, 4.69) is 4.72 Å². The van der Waals surface area contributed by atoms with Crippen molar-refractivity contribution >= 4 is 32.7 Å². The van der Waals surface area contributed by atoms with E-state index in [0.717, 1.165) is 16.0 Å². The van der Waals surface area contributed by atoms with Gasteiger partial charge in [0, 0.05) is 4.88 Å². The molecule has 0 amide bonds. The lowest BCUT2D eigenvalue weighted by Crippen LogP contribution is -2.29. The fourth-order valence-corrected chi connectivity index (χ4v) is 5.10. The first-order valence-corrected chi connectivity index (χ1v) is 10.2. The van der Waals surface area contributed by atoms with Gasteiger partial charge in [0.1, 0.15) is 0 Å². The molecule has 1 atom stereocenters. The second-order valence-corrected chi connectivity index (χ2v) is 8.38. The Kier molecular flexibility index (Phi) is 4.73. The summed E-state index contributed by atoms with van der Waals surface area (Å²) in [4.78, 5) is 0.995. The lowest BCUT2D eigenvalue weighted by molar-refractivity contribution is 0.572. The zero-order valence-corrected chi connectivity index (χ0v) is 14.1. The zero-order chi connectivity index (χ0) is 15.4. The number of hydrogen-bond donors (Lipinski definition) is 1. The molecule has 0 spiro atoms. The smallest absolute Gasteiger partial charge is 0.212 e. The van der Waals surface area contributed by atoms with Gasteiger partial charge in [-0.15, -0.1) is 11.3 Å². The second kappa shape index (κ2) is 6.75. The van der Waals surface area contributed by atoms with Crippen LogP contribution in [-0.2, 0) is 15.8 Å². The van der Waals surface area contributed by atoms with Gasteiger partial charge in [0.25, 0.3) is 0 Å². The normalized spacial score (nSPS) is 13.1. The molecule has 0 aliphatic carbocycles. The van der Waals surface area contributed by atoms with Crippen LogP contribution in [0, 0.1) is 0 Å². The highest BCUT2D eigenvalue weighted by Gasteiger charge is 2.22. The first kappa shape index (κ1) is 15.4. The summed E-state index contributed by atoms with van der Waals surface area (Å²) in [6.07, 6.45) is 0. The SMILES string of the molecule is O=S(=O)(Cc1ccccc1)NC(c1ccsc1)c1cccs1. The maximum atomic E-state index is 12.5. The van der Waals surface area contributed by atoms with Crippen molar-refractivity contribution in [3.63, 3.8) is 0 Å². The van der Waals surface area contributed by atoms with Gasteiger partial charge in [-0.1, -0.05) is 36.4 Å². The lowest BCUT2D eigenvalue weighted by Gasteiger charge is -2.17. The molecule has 2 heterocycles. The van der Waals surface area contributed by atoms with Crippen LogP contribution < -0.4 is 4.72 Å². The first-order chi connectivity index (χ1) is 10.6. The predicted octanol–water partition coefficient (Wildman–Crippen LogP) is 4.02. The maximum Gasteiger partial charge on any atom is 0.216 e. The zero-order valence-electron chi connectivity index (χ0n) is 11.7. The third kappa shape index (κ3) is 3.84. The van der Waals surface area contributed by atoms with Gasteiger partial charge in [-0.2, -0.15) is 11.3 Å². The summed E-state index contributed by atoms with van der Waals surface area (Å²) < 4.78 is 27.8. The minimum absolute atomic E-state index is 0.0140. The molecule has 3 rings (SSSR count). The summed E-state index contributed by atoms with van der Waals surface area (Å²) in [6.45, 7) is 0. The highest BCUT2D eigenvalue weighted by Crippen LogP contribution is 2.28. The summed E-state index contributed by atoms with van der Waals surface area (Å²) in [7, 11) is -3.42. The molecule has 3 aromatic rings. The Morgan fingerprint density at radius 3 is 2.45 bits per heavy atom. The molecule has 0 fully saturated rings. The number of rotatable bonds is 6. The predicted molar refractivity (Wildman–Crippen MR) is 92.7 cm³/mol. The number of thiophene rings is 2. The molecule has 0 saturated carbocycles. The van der Waals surface area contributed by atoms with Gasteiger partial charge < -0.3 is 0 Å². The average Bonchev–Trinajstić information content (AvgIpc) is 3.19. The summed E-state index contributed by atoms with van der Waals surface area (Å²) in [5.41, 5.74) is 1.76. The van der Waals surface area contributed by atoms with E-state index in [1.54, 1.807) is 22.7 Å². The van der Waals surface area contributed by atoms with Gasteiger partial charge in [0.05, 0.1) is 11.8 Å². The van der Waals surface area contributed by atoms with Crippen molar-refractivity contribution in [3.8, 4) is 0 Å². The van der Waals surface area contributed by atoms with E-state index >= 15 is 0 Å². The number of hydrogen-bond acceptors (Lipinski definition) is 4. The van der Waals surface area contributed by atoms with Crippen molar-refractivity contribution < 1.29 is 8.42 Å². The van der Waals surface area contributed by atoms with Gasteiger partial charge in [0.15, 0.2) is 0 Å². The van der Waals surface area contributed by atoms with Crippen LogP contribution in [0.15, 0.2) is 64.7 Å². The van der Waals surface area contributed by atoms with Crippen LogP contribution in [0.1, 0.15) is 22.0 Å². The van der Waals surface area contributed by atoms with Crippen molar-refractivity contribution in [2.75, 3.05) is 0 Å². The third-order valence-corrected chi connectivity index (χ3v) is 6.15. The molecule has 0 aliphatic heterocycles. The standard InChI is InChI=1S/C16H15NO2S3/c18-22(19,12-13-5-2-1-3-6-13)17-16(14-8-10-20-11-14)15-7-4-9-21-15/h1-11,16-17H,12H2. The molecule has 6 heteroatoms. The first-order valence-electron chi connectivity index (χ1n) is 6.73. The van der Waals surface area contributed by atoms with Crippen LogP contribution in [0.2, 0.25) is 0 Å². The Bertz CT molecular complexity index is 760. The summed E-state index contributed by atoms with van der Waals surface area (Å²) >= 11 is 3.12. The van der Waals surface area contributed by atoms with Crippen LogP contribution in [0.5, 0.6) is 0 Å². The monoisotopic (exact) mass is 349 g/mol. The number of nitrogens with one attached hydrogen (secondary N) is 1. The Morgan fingerprint density at radius 2 is 1.82 bits per heavy atom. The molecule has 0 bridgehead atoms. The summed E-state index contributed by atoms with van der Waals surface area (Å²) in [6, 6.07) is 14.8. The average molecular weight is 350 g/mol. The molecule has 0 saturated heterocycles. The second-order valence-electron chi connectivity index (χ2n) is 4.87. The van der Waals surface area contributed by atoms with Gasteiger partial charge in [-0.3, -0.25) is 0 Å². The number of benzene rings is 1. The van der Waals surface area contributed by atoms with E-state index in [1.807, 2.05) is 64.7 Å². The van der Waals surface area contributed by atoms with Gasteiger partial charge >= 0.3 is 0 Å². The fraction of sp³-hybridized carbons (Fsp3) is 0.125. The molecule has 0 radical (unpaired) electrons. The van der Waals surface area contributed by atoms with E-state index < -0.39 is 10.0 Å². The quantitative estimate of drug-likeness (QED) is 0.730. The molecule has 1 aromatic carbocycles. The Labute approximate surface area is 138 Å². The van der Waals surface area contributed by atoms with Gasteiger partial charge in [-0.05, 0) is 39.4 Å². The van der Waals surface area contributed by atoms with E-state index in [1.165, 1.54) is 0 Å². The minimum Gasteiger partial charge on any atom is -0.212 e. The van der Waals surface area contributed by atoms with Gasteiger partial charge in [0.2, 0.25) is 10.0 Å². The molecule has 114 valence electrons. The molecule has 22 heavy (non-hydrogen) atoms. The molecule has 0 aliphatic rings. The van der Waals surface area contributed by atoms with Crippen LogP contribution in [0.4, 0.5) is 0 Å². The van der Waals surface area contributed by atoms with E-state index in [0.29, 0.717) is 0 Å². The molecule has 3 nitrogen and oxygen atoms in total. The van der Waals surface area contributed by atoms with Crippen molar-refractivity contribution in [2.45, 2.75) is 11.8 Å². The van der Waals surface area contributed by atoms with Crippen molar-refractivity contribution in [1.29, 1.82) is 0 Å². The largest absolute Gasteiger partial charge is 0.216 e. The van der Waals surface area contributed by atoms with E-state index in [9.17, 15) is 8.42 Å². The van der Waals surface area contributed by atoms with Crippen molar-refractivity contribution in [3.05, 3.63) is 80.7 Å². The third-order valence-electron chi connectivity index (χ3n) is 3.20. The van der Waals surface area contributed by atoms with Crippen LogP contribution in [-0.4, -0.2) is 8.42 Å².